The summed E-state index contributed by atoms with van der Waals surface area (Å²) in [5, 5.41) is 0. The van der Waals surface area contributed by atoms with E-state index in [0.717, 1.165) is 89.2 Å². The molecule has 0 N–H and O–H groups in total. The first kappa shape index (κ1) is 32.3. The number of halogens is 2. The molecule has 0 saturated heterocycles. The molecular weight excluding hydrogens is 514 g/mol. The highest BCUT2D eigenvalue weighted by molar-refractivity contribution is 5.75. The molecule has 0 amide bonds. The molecule has 0 radical (unpaired) electrons. The Balaban J connectivity index is 1.30. The van der Waals surface area contributed by atoms with Crippen molar-refractivity contribution in [2.45, 2.75) is 147 Å². The Hall–Kier alpha value is -2.18. The second-order valence-electron chi connectivity index (χ2n) is 11.8. The number of unbranched alkanes of at least 4 members (excludes halogenated alkanes) is 4. The number of alkyl halides is 2. The van der Waals surface area contributed by atoms with Crippen LogP contribution in [0.15, 0.2) is 24.3 Å². The van der Waals surface area contributed by atoms with E-state index in [9.17, 15) is 18.4 Å². The molecule has 5 nitrogen and oxygen atoms in total. The summed E-state index contributed by atoms with van der Waals surface area (Å²) < 4.78 is 44.8. The van der Waals surface area contributed by atoms with E-state index in [2.05, 4.69) is 19.1 Å². The molecule has 2 aliphatic rings. The molecule has 40 heavy (non-hydrogen) atoms. The first-order valence-electron chi connectivity index (χ1n) is 15.8. The van der Waals surface area contributed by atoms with E-state index in [1.165, 1.54) is 5.56 Å². The SMILES string of the molecule is CCCCCCC[C@H](F)C(=O)OC1CCC(COc2ccc(C3CCC(OC(=O)[C@@H](F)CCC)CC3)cc2)CC1. The van der Waals surface area contributed by atoms with E-state index in [0.29, 0.717) is 24.9 Å². The predicted molar refractivity (Wildman–Crippen MR) is 153 cm³/mol. The summed E-state index contributed by atoms with van der Waals surface area (Å²) in [6, 6.07) is 8.24. The summed E-state index contributed by atoms with van der Waals surface area (Å²) in [6.45, 7) is 4.62. The Morgan fingerprint density at radius 1 is 0.725 bits per heavy atom. The van der Waals surface area contributed by atoms with Crippen molar-refractivity contribution in [3.05, 3.63) is 29.8 Å². The largest absolute Gasteiger partial charge is 0.493 e. The highest BCUT2D eigenvalue weighted by atomic mass is 19.1. The fourth-order valence-electron chi connectivity index (χ4n) is 5.87. The smallest absolute Gasteiger partial charge is 0.340 e. The van der Waals surface area contributed by atoms with Crippen LogP contribution >= 0.6 is 0 Å². The third-order valence-corrected chi connectivity index (χ3v) is 8.49. The molecule has 2 aliphatic carbocycles. The highest BCUT2D eigenvalue weighted by Crippen LogP contribution is 2.35. The molecule has 1 aromatic carbocycles. The molecule has 0 aromatic heterocycles. The second kappa shape index (κ2) is 17.6. The van der Waals surface area contributed by atoms with Gasteiger partial charge in [0.15, 0.2) is 12.3 Å². The molecule has 0 heterocycles. The number of rotatable bonds is 16. The fourth-order valence-corrected chi connectivity index (χ4v) is 5.87. The summed E-state index contributed by atoms with van der Waals surface area (Å²) in [5.41, 5.74) is 1.25. The number of esters is 2. The minimum Gasteiger partial charge on any atom is -0.493 e. The van der Waals surface area contributed by atoms with Crippen LogP contribution in [0.25, 0.3) is 0 Å². The van der Waals surface area contributed by atoms with Crippen LogP contribution < -0.4 is 4.74 Å². The Morgan fingerprint density at radius 2 is 1.27 bits per heavy atom. The number of carbonyl (C=O) groups excluding carboxylic acids is 2. The van der Waals surface area contributed by atoms with Crippen molar-refractivity contribution in [1.82, 2.24) is 0 Å². The van der Waals surface area contributed by atoms with Crippen molar-refractivity contribution in [1.29, 1.82) is 0 Å². The van der Waals surface area contributed by atoms with E-state index in [1.54, 1.807) is 0 Å². The van der Waals surface area contributed by atoms with Crippen LogP contribution in [0.5, 0.6) is 5.75 Å². The molecule has 0 unspecified atom stereocenters. The first-order chi connectivity index (χ1) is 19.4. The van der Waals surface area contributed by atoms with Crippen LogP contribution in [0, 0.1) is 5.92 Å². The number of hydrogen-bond acceptors (Lipinski definition) is 5. The molecule has 7 heteroatoms. The van der Waals surface area contributed by atoms with Gasteiger partial charge in [0.1, 0.15) is 18.0 Å². The van der Waals surface area contributed by atoms with Gasteiger partial charge in [-0.25, -0.2) is 18.4 Å². The average Bonchev–Trinajstić information content (AvgIpc) is 2.97. The van der Waals surface area contributed by atoms with E-state index >= 15 is 0 Å². The van der Waals surface area contributed by atoms with Gasteiger partial charge < -0.3 is 14.2 Å². The van der Waals surface area contributed by atoms with Gasteiger partial charge in [0.25, 0.3) is 0 Å². The summed E-state index contributed by atoms with van der Waals surface area (Å²) in [7, 11) is 0. The van der Waals surface area contributed by atoms with Gasteiger partial charge in [-0.3, -0.25) is 0 Å². The number of benzene rings is 1. The number of hydrogen-bond donors (Lipinski definition) is 0. The maximum Gasteiger partial charge on any atom is 0.340 e. The van der Waals surface area contributed by atoms with Gasteiger partial charge in [0, 0.05) is 0 Å². The lowest BCUT2D eigenvalue weighted by Crippen LogP contribution is -2.30. The predicted octanol–water partition coefficient (Wildman–Crippen LogP) is 8.57. The first-order valence-corrected chi connectivity index (χ1v) is 15.8. The van der Waals surface area contributed by atoms with Crippen LogP contribution in [0.3, 0.4) is 0 Å². The van der Waals surface area contributed by atoms with Crippen LogP contribution in [0.2, 0.25) is 0 Å². The van der Waals surface area contributed by atoms with Crippen molar-refractivity contribution in [3.8, 4) is 5.75 Å². The van der Waals surface area contributed by atoms with Crippen LogP contribution in [0.1, 0.15) is 128 Å². The quantitative estimate of drug-likeness (QED) is 0.149. The Bertz CT molecular complexity index is 860. The Labute approximate surface area is 239 Å². The zero-order valence-corrected chi connectivity index (χ0v) is 24.6. The van der Waals surface area contributed by atoms with Crippen LogP contribution in [-0.4, -0.2) is 43.1 Å². The average molecular weight is 565 g/mol. The minimum absolute atomic E-state index is 0.182. The highest BCUT2D eigenvalue weighted by Gasteiger charge is 2.29. The van der Waals surface area contributed by atoms with Crippen molar-refractivity contribution in [2.24, 2.45) is 5.92 Å². The molecule has 2 atom stereocenters. The molecule has 2 fully saturated rings. The maximum absolute atomic E-state index is 14.2. The van der Waals surface area contributed by atoms with E-state index < -0.39 is 24.3 Å². The third-order valence-electron chi connectivity index (χ3n) is 8.49. The van der Waals surface area contributed by atoms with E-state index in [-0.39, 0.29) is 25.0 Å². The molecule has 3 rings (SSSR count). The molecule has 0 bridgehead atoms. The Morgan fingerprint density at radius 3 is 1.85 bits per heavy atom. The van der Waals surface area contributed by atoms with Gasteiger partial charge in [-0.05, 0) is 100 Å². The summed E-state index contributed by atoms with van der Waals surface area (Å²) in [4.78, 5) is 24.0. The van der Waals surface area contributed by atoms with Crippen molar-refractivity contribution in [2.75, 3.05) is 6.61 Å². The fraction of sp³-hybridized carbons (Fsp3) is 0.758. The van der Waals surface area contributed by atoms with Gasteiger partial charge >= 0.3 is 11.9 Å². The molecule has 2 saturated carbocycles. The van der Waals surface area contributed by atoms with Gasteiger partial charge in [-0.1, -0.05) is 58.1 Å². The molecule has 226 valence electrons. The van der Waals surface area contributed by atoms with Gasteiger partial charge in [0.2, 0.25) is 0 Å². The molecular formula is C33H50F2O5. The summed E-state index contributed by atoms with van der Waals surface area (Å²) in [5.74, 6) is 0.241. The lowest BCUT2D eigenvalue weighted by molar-refractivity contribution is -0.158. The van der Waals surface area contributed by atoms with Gasteiger partial charge in [-0.15, -0.1) is 0 Å². The molecule has 0 spiro atoms. The lowest BCUT2D eigenvalue weighted by atomic mass is 9.82. The van der Waals surface area contributed by atoms with Gasteiger partial charge in [-0.2, -0.15) is 0 Å². The minimum atomic E-state index is -1.51. The van der Waals surface area contributed by atoms with Crippen LogP contribution in [-0.2, 0) is 19.1 Å². The zero-order valence-electron chi connectivity index (χ0n) is 24.6. The summed E-state index contributed by atoms with van der Waals surface area (Å²) >= 11 is 0. The standard InChI is InChI=1S/C33H50F2O5/c1-3-5-6-7-8-10-31(35)33(37)39-28-17-11-24(12-18-28)23-38-27-19-13-25(14-20-27)26-15-21-29(22-16-26)40-32(36)30(34)9-4-2/h13-14,19-20,24,26,28-31H,3-12,15-18,21-23H2,1-2H3/t24?,26?,28?,29?,30-,31-/m0/s1. The Kier molecular flexibility index (Phi) is 14.2. The second-order valence-corrected chi connectivity index (χ2v) is 11.8. The van der Waals surface area contributed by atoms with Crippen molar-refractivity contribution >= 4 is 11.9 Å². The molecule has 1 aromatic rings. The number of ether oxygens (including phenoxy) is 3. The van der Waals surface area contributed by atoms with E-state index in [4.69, 9.17) is 14.2 Å². The normalized spacial score (nSPS) is 24.6. The third kappa shape index (κ3) is 11.0. The zero-order chi connectivity index (χ0) is 28.7. The van der Waals surface area contributed by atoms with Gasteiger partial charge in [0.05, 0.1) is 6.61 Å². The topological polar surface area (TPSA) is 61.8 Å². The lowest BCUT2D eigenvalue weighted by Gasteiger charge is -2.29. The van der Waals surface area contributed by atoms with Crippen LogP contribution in [0.4, 0.5) is 8.78 Å². The maximum atomic E-state index is 14.2. The van der Waals surface area contributed by atoms with Crippen molar-refractivity contribution in [3.63, 3.8) is 0 Å². The summed E-state index contributed by atoms with van der Waals surface area (Å²) in [6.07, 6.45) is 9.51. The number of carbonyl (C=O) groups is 2. The van der Waals surface area contributed by atoms with Crippen molar-refractivity contribution < 1.29 is 32.6 Å². The molecule has 0 aliphatic heterocycles. The monoisotopic (exact) mass is 564 g/mol. The van der Waals surface area contributed by atoms with E-state index in [1.807, 2.05) is 19.1 Å².